The summed E-state index contributed by atoms with van der Waals surface area (Å²) < 4.78 is 6.72. The number of hydrogen-bond acceptors (Lipinski definition) is 6. The van der Waals surface area contributed by atoms with Crippen molar-refractivity contribution in [3.63, 3.8) is 0 Å². The van der Waals surface area contributed by atoms with Gasteiger partial charge in [0.1, 0.15) is 11.5 Å². The number of Topliss-reactive ketones (excluding diaryl/α,β-unsaturated/α-hetero) is 1. The molecular weight excluding hydrogens is 496 g/mol. The molecule has 4 aromatic rings. The average molecular weight is 519 g/mol. The maximum absolute atomic E-state index is 13.4. The van der Waals surface area contributed by atoms with E-state index in [-0.39, 0.29) is 11.3 Å². The standard InChI is InChI=1S/C28H23ClN2O4S/c1-3-13-35-20-6-4-5-18(15-20)24-23(25(32)17-8-10-19(29)11-9-17)26(33)27(34)31(24)28-30-21-12-7-16(2)14-22(21)36-28/h4-12,14-15,24,32H,3,13H2,1-2H3. The molecule has 1 N–H and O–H groups in total. The van der Waals surface area contributed by atoms with E-state index in [1.54, 1.807) is 30.3 Å². The summed E-state index contributed by atoms with van der Waals surface area (Å²) >= 11 is 7.35. The highest BCUT2D eigenvalue weighted by Gasteiger charge is 2.48. The quantitative estimate of drug-likeness (QED) is 0.175. The largest absolute Gasteiger partial charge is 0.507 e. The summed E-state index contributed by atoms with van der Waals surface area (Å²) in [5.74, 6) is -1.17. The molecular formula is C28H23ClN2O4S. The number of aliphatic hydroxyl groups excluding tert-OH is 1. The molecule has 1 aromatic heterocycles. The van der Waals surface area contributed by atoms with Gasteiger partial charge in [-0.1, -0.05) is 48.1 Å². The minimum atomic E-state index is -0.882. The summed E-state index contributed by atoms with van der Waals surface area (Å²) in [7, 11) is 0. The van der Waals surface area contributed by atoms with Crippen molar-refractivity contribution in [3.8, 4) is 5.75 Å². The van der Waals surface area contributed by atoms with Crippen molar-refractivity contribution in [2.75, 3.05) is 11.5 Å². The first-order chi connectivity index (χ1) is 17.4. The minimum absolute atomic E-state index is 0.00889. The summed E-state index contributed by atoms with van der Waals surface area (Å²) in [6.45, 7) is 4.53. The lowest BCUT2D eigenvalue weighted by molar-refractivity contribution is -0.132. The van der Waals surface area contributed by atoms with Crippen molar-refractivity contribution in [1.82, 2.24) is 4.98 Å². The fourth-order valence-corrected chi connectivity index (χ4v) is 5.44. The van der Waals surface area contributed by atoms with Crippen LogP contribution in [0.2, 0.25) is 5.02 Å². The van der Waals surface area contributed by atoms with Crippen molar-refractivity contribution in [3.05, 3.63) is 94.0 Å². The number of carbonyl (C=O) groups is 2. The number of aryl methyl sites for hydroxylation is 1. The molecule has 1 fully saturated rings. The number of anilines is 1. The van der Waals surface area contributed by atoms with Gasteiger partial charge in [-0.05, 0) is 73.0 Å². The van der Waals surface area contributed by atoms with Crippen LogP contribution in [0.4, 0.5) is 5.13 Å². The van der Waals surface area contributed by atoms with Crippen LogP contribution in [0.1, 0.15) is 36.1 Å². The topological polar surface area (TPSA) is 79.7 Å². The second-order valence-corrected chi connectivity index (χ2v) is 10.0. The van der Waals surface area contributed by atoms with E-state index in [0.29, 0.717) is 33.6 Å². The molecule has 2 heterocycles. The Labute approximate surface area is 217 Å². The Morgan fingerprint density at radius 2 is 1.89 bits per heavy atom. The zero-order valence-electron chi connectivity index (χ0n) is 19.7. The number of hydrogen-bond donors (Lipinski definition) is 1. The van der Waals surface area contributed by atoms with Gasteiger partial charge in [-0.15, -0.1) is 0 Å². The molecule has 6 nitrogen and oxygen atoms in total. The van der Waals surface area contributed by atoms with E-state index >= 15 is 0 Å². The molecule has 3 aromatic carbocycles. The first kappa shape index (κ1) is 24.0. The zero-order valence-corrected chi connectivity index (χ0v) is 21.3. The number of halogens is 1. The second kappa shape index (κ2) is 9.76. The third-order valence-electron chi connectivity index (χ3n) is 5.95. The van der Waals surface area contributed by atoms with Crippen LogP contribution < -0.4 is 9.64 Å². The van der Waals surface area contributed by atoms with E-state index in [9.17, 15) is 14.7 Å². The number of fused-ring (bicyclic) bond motifs is 1. The number of aromatic nitrogens is 1. The first-order valence-electron chi connectivity index (χ1n) is 11.5. The predicted molar refractivity (Wildman–Crippen MR) is 143 cm³/mol. The molecule has 0 radical (unpaired) electrons. The van der Waals surface area contributed by atoms with Crippen LogP contribution in [0, 0.1) is 6.92 Å². The second-order valence-electron chi connectivity index (χ2n) is 8.56. The molecule has 0 saturated carbocycles. The summed E-state index contributed by atoms with van der Waals surface area (Å²) in [6, 6.07) is 18.7. The molecule has 1 saturated heterocycles. The van der Waals surface area contributed by atoms with Gasteiger partial charge in [0.2, 0.25) is 0 Å². The fourth-order valence-electron chi connectivity index (χ4n) is 4.23. The van der Waals surface area contributed by atoms with E-state index in [0.717, 1.165) is 22.2 Å². The van der Waals surface area contributed by atoms with E-state index in [1.165, 1.54) is 16.2 Å². The lowest BCUT2D eigenvalue weighted by Crippen LogP contribution is -2.29. The molecule has 1 aliphatic heterocycles. The number of nitrogens with zero attached hydrogens (tertiary/aromatic N) is 2. The van der Waals surface area contributed by atoms with Crippen LogP contribution in [-0.2, 0) is 9.59 Å². The average Bonchev–Trinajstić information content (AvgIpc) is 3.40. The molecule has 1 amide bonds. The Hall–Kier alpha value is -3.68. The SMILES string of the molecule is CCCOc1cccc(C2C(=C(O)c3ccc(Cl)cc3)C(=O)C(=O)N2c2nc3ccc(C)cc3s2)c1. The van der Waals surface area contributed by atoms with Crippen molar-refractivity contribution in [2.45, 2.75) is 26.3 Å². The number of rotatable bonds is 6. The molecule has 1 aliphatic rings. The smallest absolute Gasteiger partial charge is 0.301 e. The lowest BCUT2D eigenvalue weighted by Gasteiger charge is -2.23. The van der Waals surface area contributed by atoms with E-state index in [4.69, 9.17) is 16.3 Å². The Kier molecular flexibility index (Phi) is 6.51. The van der Waals surface area contributed by atoms with Crippen molar-refractivity contribution >= 4 is 55.7 Å². The van der Waals surface area contributed by atoms with Gasteiger partial charge in [-0.3, -0.25) is 14.5 Å². The maximum Gasteiger partial charge on any atom is 0.301 e. The van der Waals surface area contributed by atoms with Gasteiger partial charge in [0, 0.05) is 10.6 Å². The minimum Gasteiger partial charge on any atom is -0.507 e. The van der Waals surface area contributed by atoms with Crippen LogP contribution in [0.25, 0.3) is 16.0 Å². The monoisotopic (exact) mass is 518 g/mol. The Morgan fingerprint density at radius 1 is 1.11 bits per heavy atom. The molecule has 182 valence electrons. The molecule has 0 aliphatic carbocycles. The Morgan fingerprint density at radius 3 is 2.64 bits per heavy atom. The lowest BCUT2D eigenvalue weighted by atomic mass is 9.95. The fraction of sp³-hybridized carbons (Fsp3) is 0.179. The zero-order chi connectivity index (χ0) is 25.4. The molecule has 36 heavy (non-hydrogen) atoms. The number of amides is 1. The third-order valence-corrected chi connectivity index (χ3v) is 7.22. The van der Waals surface area contributed by atoms with Crippen LogP contribution in [0.3, 0.4) is 0 Å². The Balaban J connectivity index is 1.70. The molecule has 0 spiro atoms. The summed E-state index contributed by atoms with van der Waals surface area (Å²) in [6.07, 6.45) is 0.838. The van der Waals surface area contributed by atoms with Gasteiger partial charge < -0.3 is 9.84 Å². The van der Waals surface area contributed by atoms with Gasteiger partial charge in [-0.25, -0.2) is 4.98 Å². The summed E-state index contributed by atoms with van der Waals surface area (Å²) in [4.78, 5) is 32.9. The van der Waals surface area contributed by atoms with Crippen molar-refractivity contribution < 1.29 is 19.4 Å². The summed E-state index contributed by atoms with van der Waals surface area (Å²) in [5.41, 5.74) is 2.82. The van der Waals surface area contributed by atoms with Crippen molar-refractivity contribution in [2.24, 2.45) is 0 Å². The summed E-state index contributed by atoms with van der Waals surface area (Å²) in [5, 5.41) is 12.2. The van der Waals surface area contributed by atoms with Crippen LogP contribution in [0.5, 0.6) is 5.75 Å². The Bertz CT molecular complexity index is 1510. The molecule has 1 unspecified atom stereocenters. The number of benzene rings is 3. The van der Waals surface area contributed by atoms with Crippen LogP contribution >= 0.6 is 22.9 Å². The molecule has 0 bridgehead atoms. The maximum atomic E-state index is 13.4. The van der Waals surface area contributed by atoms with Gasteiger partial charge in [0.15, 0.2) is 5.13 Å². The van der Waals surface area contributed by atoms with Gasteiger partial charge in [0.05, 0.1) is 28.4 Å². The molecule has 5 rings (SSSR count). The number of carbonyl (C=O) groups excluding carboxylic acids is 2. The van der Waals surface area contributed by atoms with E-state index in [1.807, 2.05) is 50.2 Å². The van der Waals surface area contributed by atoms with Crippen LogP contribution in [-0.4, -0.2) is 28.4 Å². The number of ether oxygens (including phenoxy) is 1. The first-order valence-corrected chi connectivity index (χ1v) is 12.7. The van der Waals surface area contributed by atoms with Gasteiger partial charge in [0.25, 0.3) is 5.78 Å². The van der Waals surface area contributed by atoms with E-state index < -0.39 is 17.7 Å². The van der Waals surface area contributed by atoms with Crippen LogP contribution in [0.15, 0.2) is 72.3 Å². The molecule has 8 heteroatoms. The van der Waals surface area contributed by atoms with E-state index in [2.05, 4.69) is 4.98 Å². The normalized spacial score (nSPS) is 17.2. The highest BCUT2D eigenvalue weighted by molar-refractivity contribution is 7.22. The predicted octanol–water partition coefficient (Wildman–Crippen LogP) is 6.67. The number of aliphatic hydroxyl groups is 1. The highest BCUT2D eigenvalue weighted by Crippen LogP contribution is 2.45. The number of ketones is 1. The van der Waals surface area contributed by atoms with Crippen molar-refractivity contribution in [1.29, 1.82) is 0 Å². The molecule has 1 atom stereocenters. The number of thiazole rings is 1. The third kappa shape index (κ3) is 4.36. The van der Waals surface area contributed by atoms with Gasteiger partial charge in [-0.2, -0.15) is 0 Å². The highest BCUT2D eigenvalue weighted by atomic mass is 35.5. The van der Waals surface area contributed by atoms with Gasteiger partial charge >= 0.3 is 5.91 Å².